The molecule has 0 saturated heterocycles. The summed E-state index contributed by atoms with van der Waals surface area (Å²) in [5, 5.41) is 9.62. The van der Waals surface area contributed by atoms with E-state index in [0.29, 0.717) is 24.1 Å². The lowest BCUT2D eigenvalue weighted by Gasteiger charge is -2.25. The molecule has 1 N–H and O–H groups in total. The van der Waals surface area contributed by atoms with Crippen molar-refractivity contribution < 1.29 is 23.5 Å². The van der Waals surface area contributed by atoms with Gasteiger partial charge in [0.15, 0.2) is 11.6 Å². The molecule has 0 aliphatic rings. The third kappa shape index (κ3) is 8.21. The van der Waals surface area contributed by atoms with Crippen LogP contribution in [-0.2, 0) is 16.0 Å². The molecule has 0 aliphatic carbocycles. The van der Waals surface area contributed by atoms with Crippen molar-refractivity contribution in [1.82, 2.24) is 9.47 Å². The standard InChI is InChI=1S/C35H43ClF2N2O4/c1-19(2)11-29(40-18-24(9-10-39(7)8)23(6)33(37)35(40)44)30(41)16-25(17-31(42)43)27-14-26(15-28(36)34(27)38)32-21(4)12-20(3)13-22(32)5/h12-15,18-19,25,29H,9-11,16-17H2,1-8H3,(H,42,43)/t25-,29?/m0/s1. The minimum atomic E-state index is -1.21. The summed E-state index contributed by atoms with van der Waals surface area (Å²) in [6.07, 6.45) is 1.32. The zero-order valence-corrected chi connectivity index (χ0v) is 27.6. The average molecular weight is 629 g/mol. The van der Waals surface area contributed by atoms with Gasteiger partial charge in [-0.3, -0.25) is 14.4 Å². The molecule has 3 rings (SSSR count). The number of carbonyl (C=O) groups is 2. The molecule has 3 aromatic rings. The molecular weight excluding hydrogens is 586 g/mol. The molecule has 0 saturated carbocycles. The summed E-state index contributed by atoms with van der Waals surface area (Å²) in [4.78, 5) is 41.2. The van der Waals surface area contributed by atoms with Crippen LogP contribution in [0.1, 0.15) is 78.5 Å². The molecular formula is C35H43ClF2N2O4. The van der Waals surface area contributed by atoms with Crippen molar-refractivity contribution in [2.75, 3.05) is 20.6 Å². The number of aromatic nitrogens is 1. The van der Waals surface area contributed by atoms with Gasteiger partial charge in [-0.15, -0.1) is 0 Å². The van der Waals surface area contributed by atoms with Crippen LogP contribution in [-0.4, -0.2) is 47.0 Å². The van der Waals surface area contributed by atoms with Gasteiger partial charge in [0, 0.05) is 25.1 Å². The topological polar surface area (TPSA) is 79.6 Å². The van der Waals surface area contributed by atoms with Gasteiger partial charge in [-0.25, -0.2) is 8.78 Å². The third-order valence-corrected chi connectivity index (χ3v) is 8.36. The van der Waals surface area contributed by atoms with Crippen LogP contribution in [0.5, 0.6) is 0 Å². The van der Waals surface area contributed by atoms with E-state index in [0.717, 1.165) is 26.8 Å². The smallest absolute Gasteiger partial charge is 0.303 e. The fourth-order valence-corrected chi connectivity index (χ4v) is 6.21. The number of aliphatic carboxylic acids is 1. The molecule has 1 unspecified atom stereocenters. The maximum Gasteiger partial charge on any atom is 0.303 e. The number of carbonyl (C=O) groups excluding carboxylic acids is 1. The Bertz CT molecular complexity index is 1590. The third-order valence-electron chi connectivity index (χ3n) is 8.09. The number of likely N-dealkylation sites (N-methyl/N-ethyl adjacent to an activating group) is 1. The first-order valence-corrected chi connectivity index (χ1v) is 15.3. The lowest BCUT2D eigenvalue weighted by atomic mass is 9.84. The fourth-order valence-electron chi connectivity index (χ4n) is 5.98. The first-order valence-electron chi connectivity index (χ1n) is 14.9. The number of carboxylic acid groups (broad SMARTS) is 1. The van der Waals surface area contributed by atoms with E-state index in [-0.39, 0.29) is 34.9 Å². The van der Waals surface area contributed by atoms with Crippen molar-refractivity contribution in [1.29, 1.82) is 0 Å². The highest BCUT2D eigenvalue weighted by molar-refractivity contribution is 6.31. The minimum absolute atomic E-state index is 0.0139. The Morgan fingerprint density at radius 1 is 0.977 bits per heavy atom. The van der Waals surface area contributed by atoms with Crippen LogP contribution in [0.4, 0.5) is 8.78 Å². The number of benzene rings is 2. The zero-order chi connectivity index (χ0) is 33.0. The van der Waals surface area contributed by atoms with E-state index in [1.165, 1.54) is 6.07 Å². The van der Waals surface area contributed by atoms with E-state index < -0.39 is 47.3 Å². The maximum atomic E-state index is 15.7. The lowest BCUT2D eigenvalue weighted by Crippen LogP contribution is -2.34. The Hall–Kier alpha value is -3.36. The van der Waals surface area contributed by atoms with Gasteiger partial charge in [0.1, 0.15) is 5.82 Å². The SMILES string of the molecule is Cc1cc(C)c(-c2cc(Cl)c(F)c([C@H](CC(=O)O)CC(=O)C(CC(C)C)n3cc(CCN(C)C)c(C)c(F)c3=O)c2)c(C)c1. The molecule has 2 atom stereocenters. The van der Waals surface area contributed by atoms with Crippen LogP contribution in [0.15, 0.2) is 35.3 Å². The summed E-state index contributed by atoms with van der Waals surface area (Å²) < 4.78 is 32.0. The highest BCUT2D eigenvalue weighted by atomic mass is 35.5. The van der Waals surface area contributed by atoms with E-state index in [1.54, 1.807) is 19.2 Å². The number of Topliss-reactive ketones (excluding diaryl/α,β-unsaturated/α-hetero) is 1. The fraction of sp³-hybridized carbons (Fsp3) is 0.457. The van der Waals surface area contributed by atoms with Crippen molar-refractivity contribution >= 4 is 23.4 Å². The first kappa shape index (κ1) is 35.1. The van der Waals surface area contributed by atoms with Crippen molar-refractivity contribution in [3.05, 3.63) is 90.9 Å². The monoisotopic (exact) mass is 628 g/mol. The Morgan fingerprint density at radius 3 is 2.14 bits per heavy atom. The van der Waals surface area contributed by atoms with Gasteiger partial charge in [0.05, 0.1) is 17.5 Å². The molecule has 0 aliphatic heterocycles. The normalized spacial score (nSPS) is 13.0. The van der Waals surface area contributed by atoms with E-state index in [4.69, 9.17) is 11.6 Å². The second-order valence-corrected chi connectivity index (χ2v) is 13.0. The van der Waals surface area contributed by atoms with Crippen LogP contribution < -0.4 is 5.56 Å². The summed E-state index contributed by atoms with van der Waals surface area (Å²) >= 11 is 6.37. The van der Waals surface area contributed by atoms with Gasteiger partial charge < -0.3 is 14.6 Å². The number of ketones is 1. The van der Waals surface area contributed by atoms with E-state index in [2.05, 4.69) is 0 Å². The molecule has 0 amide bonds. The van der Waals surface area contributed by atoms with Crippen LogP contribution in [0.25, 0.3) is 11.1 Å². The van der Waals surface area contributed by atoms with Crippen molar-refractivity contribution in [3.63, 3.8) is 0 Å². The number of aryl methyl sites for hydroxylation is 3. The minimum Gasteiger partial charge on any atom is -0.481 e. The summed E-state index contributed by atoms with van der Waals surface area (Å²) in [7, 11) is 3.77. The molecule has 6 nitrogen and oxygen atoms in total. The molecule has 44 heavy (non-hydrogen) atoms. The van der Waals surface area contributed by atoms with Crippen LogP contribution in [0.3, 0.4) is 0 Å². The van der Waals surface area contributed by atoms with E-state index >= 15 is 8.78 Å². The van der Waals surface area contributed by atoms with Crippen molar-refractivity contribution in [2.45, 2.75) is 79.2 Å². The van der Waals surface area contributed by atoms with E-state index in [9.17, 15) is 19.5 Å². The highest BCUT2D eigenvalue weighted by Gasteiger charge is 2.31. The number of nitrogens with zero attached hydrogens (tertiary/aromatic N) is 2. The molecule has 0 radical (unpaired) electrons. The van der Waals surface area contributed by atoms with Gasteiger partial charge in [-0.2, -0.15) is 0 Å². The average Bonchev–Trinajstić information content (AvgIpc) is 2.90. The number of carboxylic acids is 1. The summed E-state index contributed by atoms with van der Waals surface area (Å²) in [5.41, 5.74) is 4.38. The lowest BCUT2D eigenvalue weighted by molar-refractivity contribution is -0.137. The van der Waals surface area contributed by atoms with E-state index in [1.807, 2.05) is 65.7 Å². The van der Waals surface area contributed by atoms with Crippen molar-refractivity contribution in [3.8, 4) is 11.1 Å². The Balaban J connectivity index is 2.13. The molecule has 9 heteroatoms. The molecule has 0 spiro atoms. The zero-order valence-electron chi connectivity index (χ0n) is 26.9. The molecule has 238 valence electrons. The predicted molar refractivity (Wildman–Crippen MR) is 172 cm³/mol. The second kappa shape index (κ2) is 14.6. The second-order valence-electron chi connectivity index (χ2n) is 12.6. The number of halogens is 3. The Morgan fingerprint density at radius 2 is 1.59 bits per heavy atom. The molecule has 1 aromatic heterocycles. The highest BCUT2D eigenvalue weighted by Crippen LogP contribution is 2.38. The van der Waals surface area contributed by atoms with Gasteiger partial charge in [-0.05, 0) is 112 Å². The first-order chi connectivity index (χ1) is 20.5. The maximum absolute atomic E-state index is 15.7. The Labute approximate surface area is 263 Å². The quantitative estimate of drug-likeness (QED) is 0.211. The largest absolute Gasteiger partial charge is 0.481 e. The van der Waals surface area contributed by atoms with Gasteiger partial charge in [-0.1, -0.05) is 43.1 Å². The molecule has 0 fully saturated rings. The summed E-state index contributed by atoms with van der Waals surface area (Å²) in [6, 6.07) is 6.02. The molecule has 1 heterocycles. The number of pyridine rings is 1. The number of hydrogen-bond donors (Lipinski definition) is 1. The van der Waals surface area contributed by atoms with Crippen LogP contribution in [0, 0.1) is 45.2 Å². The number of hydrogen-bond acceptors (Lipinski definition) is 4. The molecule has 0 bridgehead atoms. The van der Waals surface area contributed by atoms with Gasteiger partial charge in [0.2, 0.25) is 0 Å². The van der Waals surface area contributed by atoms with Crippen LogP contribution in [0.2, 0.25) is 5.02 Å². The van der Waals surface area contributed by atoms with Gasteiger partial charge >= 0.3 is 5.97 Å². The van der Waals surface area contributed by atoms with Crippen LogP contribution >= 0.6 is 11.6 Å². The Kier molecular flexibility index (Phi) is 11.7. The predicted octanol–water partition coefficient (Wildman–Crippen LogP) is 7.59. The summed E-state index contributed by atoms with van der Waals surface area (Å²) in [5.74, 6) is -4.52. The summed E-state index contributed by atoms with van der Waals surface area (Å²) in [6.45, 7) is 11.8. The van der Waals surface area contributed by atoms with Crippen molar-refractivity contribution in [2.24, 2.45) is 5.92 Å². The van der Waals surface area contributed by atoms with Gasteiger partial charge in [0.25, 0.3) is 5.56 Å². The molecule has 2 aromatic carbocycles. The number of rotatable bonds is 13.